The molecule has 0 fully saturated rings. The third-order valence-electron chi connectivity index (χ3n) is 6.12. The van der Waals surface area contributed by atoms with E-state index in [1.165, 1.54) is 18.3 Å². The molecule has 0 radical (unpaired) electrons. The van der Waals surface area contributed by atoms with E-state index in [-0.39, 0.29) is 11.3 Å². The summed E-state index contributed by atoms with van der Waals surface area (Å²) in [5.74, 6) is 0.547. The quantitative estimate of drug-likeness (QED) is 0.173. The minimum absolute atomic E-state index is 0.0792. The molecule has 8 nitrogen and oxygen atoms in total. The Morgan fingerprint density at radius 3 is 2.17 bits per heavy atom. The molecule has 0 aliphatic rings. The number of carbonyl (C=O) groups is 1. The van der Waals surface area contributed by atoms with E-state index in [2.05, 4.69) is 15.2 Å². The first-order valence-electron chi connectivity index (χ1n) is 13.2. The molecular weight excluding hydrogens is 538 g/mol. The molecule has 4 aromatic carbocycles. The molecule has 0 bridgehead atoms. The largest absolute Gasteiger partial charge is 0.490 e. The third kappa shape index (κ3) is 8.76. The van der Waals surface area contributed by atoms with E-state index in [1.54, 1.807) is 30.3 Å². The van der Waals surface area contributed by atoms with E-state index in [0.717, 1.165) is 16.7 Å². The molecule has 0 aromatic heterocycles. The topological polar surface area (TPSA) is 106 Å². The van der Waals surface area contributed by atoms with Crippen LogP contribution in [-0.4, -0.2) is 33.2 Å². The van der Waals surface area contributed by atoms with Gasteiger partial charge in [0.15, 0.2) is 11.5 Å². The molecule has 9 heteroatoms. The summed E-state index contributed by atoms with van der Waals surface area (Å²) in [5, 5.41) is 4.09. The molecule has 1 unspecified atom stereocenters. The van der Waals surface area contributed by atoms with Crippen molar-refractivity contribution in [3.63, 3.8) is 0 Å². The summed E-state index contributed by atoms with van der Waals surface area (Å²) in [5.41, 5.74) is 5.91. The Kier molecular flexibility index (Phi) is 10.3. The summed E-state index contributed by atoms with van der Waals surface area (Å²) in [6.45, 7) is 4.59. The van der Waals surface area contributed by atoms with Crippen LogP contribution in [-0.2, 0) is 27.8 Å². The molecule has 1 atom stereocenters. The maximum Gasteiger partial charge on any atom is 0.258 e. The molecule has 0 saturated carbocycles. The van der Waals surface area contributed by atoms with Crippen LogP contribution in [0, 0.1) is 6.92 Å². The fraction of sp³-hybridized carbons (Fsp3) is 0.188. The Morgan fingerprint density at radius 1 is 0.854 bits per heavy atom. The average Bonchev–Trinajstić information content (AvgIpc) is 2.98. The zero-order chi connectivity index (χ0) is 29.1. The highest BCUT2D eigenvalue weighted by atomic mass is 32.2. The standard InChI is InChI=1S/C32H33N3O5S/c1-3-39-31-21-27(16-19-30(31)40-23-26-12-8-5-9-13-26)22-33-34-32(36)29(20-25-10-6-4-7-11-25)35-41(37,38)28-17-14-24(2)15-18-28/h4-19,21-22,29,35H,3,20,23H2,1-2H3,(H,34,36)/b33-22+. The van der Waals surface area contributed by atoms with Gasteiger partial charge < -0.3 is 9.47 Å². The van der Waals surface area contributed by atoms with Crippen LogP contribution in [0.25, 0.3) is 0 Å². The first-order valence-corrected chi connectivity index (χ1v) is 14.7. The van der Waals surface area contributed by atoms with Crippen LogP contribution in [0.15, 0.2) is 113 Å². The number of hydrogen-bond donors (Lipinski definition) is 2. The molecule has 4 aromatic rings. The van der Waals surface area contributed by atoms with Crippen LogP contribution in [0.1, 0.15) is 29.2 Å². The van der Waals surface area contributed by atoms with E-state index in [4.69, 9.17) is 9.47 Å². The van der Waals surface area contributed by atoms with Crippen LogP contribution >= 0.6 is 0 Å². The van der Waals surface area contributed by atoms with Gasteiger partial charge in [-0.15, -0.1) is 0 Å². The van der Waals surface area contributed by atoms with Gasteiger partial charge in [0.1, 0.15) is 12.6 Å². The van der Waals surface area contributed by atoms with Crippen molar-refractivity contribution in [1.29, 1.82) is 0 Å². The molecular formula is C32H33N3O5S. The van der Waals surface area contributed by atoms with Gasteiger partial charge in [0.25, 0.3) is 5.91 Å². The van der Waals surface area contributed by atoms with Gasteiger partial charge in [0.2, 0.25) is 10.0 Å². The SMILES string of the molecule is CCOc1cc(/C=N/NC(=O)C(Cc2ccccc2)NS(=O)(=O)c2ccc(C)cc2)ccc1OCc1ccccc1. The van der Waals surface area contributed by atoms with E-state index < -0.39 is 22.0 Å². The highest BCUT2D eigenvalue weighted by Crippen LogP contribution is 2.29. The number of aryl methyl sites for hydroxylation is 1. The fourth-order valence-electron chi connectivity index (χ4n) is 3.99. The molecule has 0 saturated heterocycles. The van der Waals surface area contributed by atoms with Crippen LogP contribution in [0.3, 0.4) is 0 Å². The Hall–Kier alpha value is -4.47. The first kappa shape index (κ1) is 29.5. The molecule has 0 aliphatic carbocycles. The van der Waals surface area contributed by atoms with Crippen molar-refractivity contribution in [2.24, 2.45) is 5.10 Å². The number of nitrogens with one attached hydrogen (secondary N) is 2. The Morgan fingerprint density at radius 2 is 1.51 bits per heavy atom. The van der Waals surface area contributed by atoms with E-state index in [0.29, 0.717) is 30.3 Å². The van der Waals surface area contributed by atoms with Crippen LogP contribution in [0.4, 0.5) is 0 Å². The Balaban J connectivity index is 1.46. The highest BCUT2D eigenvalue weighted by molar-refractivity contribution is 7.89. The summed E-state index contributed by atoms with van der Waals surface area (Å²) in [6, 6.07) is 29.7. The van der Waals surface area contributed by atoms with Crippen LogP contribution in [0.5, 0.6) is 11.5 Å². The zero-order valence-electron chi connectivity index (χ0n) is 23.0. The number of hydrogen-bond acceptors (Lipinski definition) is 6. The Labute approximate surface area is 241 Å². The monoisotopic (exact) mass is 571 g/mol. The summed E-state index contributed by atoms with van der Waals surface area (Å²) >= 11 is 0. The summed E-state index contributed by atoms with van der Waals surface area (Å²) in [4.78, 5) is 13.2. The lowest BCUT2D eigenvalue weighted by Crippen LogP contribution is -2.46. The number of amides is 1. The minimum atomic E-state index is -3.95. The molecule has 0 spiro atoms. The first-order chi connectivity index (χ1) is 19.8. The lowest BCUT2D eigenvalue weighted by atomic mass is 10.1. The number of rotatable bonds is 13. The van der Waals surface area contributed by atoms with Crippen molar-refractivity contribution in [3.8, 4) is 11.5 Å². The van der Waals surface area contributed by atoms with E-state index >= 15 is 0 Å². The number of nitrogens with zero attached hydrogens (tertiary/aromatic N) is 1. The van der Waals surface area contributed by atoms with Crippen molar-refractivity contribution in [2.75, 3.05) is 6.61 Å². The van der Waals surface area contributed by atoms with Crippen molar-refractivity contribution in [3.05, 3.63) is 125 Å². The lowest BCUT2D eigenvalue weighted by molar-refractivity contribution is -0.122. The van der Waals surface area contributed by atoms with Gasteiger partial charge in [-0.05, 0) is 67.3 Å². The van der Waals surface area contributed by atoms with Gasteiger partial charge in [-0.25, -0.2) is 13.8 Å². The Bertz CT molecular complexity index is 1560. The number of ether oxygens (including phenoxy) is 2. The van der Waals surface area contributed by atoms with Crippen molar-refractivity contribution in [1.82, 2.24) is 10.1 Å². The zero-order valence-corrected chi connectivity index (χ0v) is 23.8. The van der Waals surface area contributed by atoms with Gasteiger partial charge >= 0.3 is 0 Å². The van der Waals surface area contributed by atoms with Crippen molar-refractivity contribution >= 4 is 22.1 Å². The molecule has 212 valence electrons. The van der Waals surface area contributed by atoms with Gasteiger partial charge in [-0.1, -0.05) is 78.4 Å². The number of carbonyl (C=O) groups excluding carboxylic acids is 1. The maximum atomic E-state index is 13.1. The predicted molar refractivity (Wildman–Crippen MR) is 160 cm³/mol. The van der Waals surface area contributed by atoms with Gasteiger partial charge in [-0.3, -0.25) is 4.79 Å². The van der Waals surface area contributed by atoms with Gasteiger partial charge in [0, 0.05) is 0 Å². The number of sulfonamides is 1. The average molecular weight is 572 g/mol. The summed E-state index contributed by atoms with van der Waals surface area (Å²) in [7, 11) is -3.95. The maximum absolute atomic E-state index is 13.1. The summed E-state index contributed by atoms with van der Waals surface area (Å²) < 4.78 is 40.4. The second-order valence-electron chi connectivity index (χ2n) is 9.32. The van der Waals surface area contributed by atoms with Crippen molar-refractivity contribution < 1.29 is 22.7 Å². The smallest absolute Gasteiger partial charge is 0.258 e. The molecule has 2 N–H and O–H groups in total. The second kappa shape index (κ2) is 14.2. The van der Waals surface area contributed by atoms with Crippen LogP contribution in [0.2, 0.25) is 0 Å². The van der Waals surface area contributed by atoms with Crippen LogP contribution < -0.4 is 19.6 Å². The number of hydrazone groups is 1. The lowest BCUT2D eigenvalue weighted by Gasteiger charge is -2.17. The molecule has 1 amide bonds. The highest BCUT2D eigenvalue weighted by Gasteiger charge is 2.26. The minimum Gasteiger partial charge on any atom is -0.490 e. The predicted octanol–water partition coefficient (Wildman–Crippen LogP) is 5.01. The molecule has 0 aliphatic heterocycles. The van der Waals surface area contributed by atoms with E-state index in [9.17, 15) is 13.2 Å². The number of benzene rings is 4. The van der Waals surface area contributed by atoms with Gasteiger partial charge in [0.05, 0.1) is 17.7 Å². The molecule has 0 heterocycles. The van der Waals surface area contributed by atoms with Gasteiger partial charge in [-0.2, -0.15) is 9.82 Å². The fourth-order valence-corrected chi connectivity index (χ4v) is 5.18. The second-order valence-corrected chi connectivity index (χ2v) is 11.0. The normalized spacial score (nSPS) is 12.1. The molecule has 4 rings (SSSR count). The summed E-state index contributed by atoms with van der Waals surface area (Å²) in [6.07, 6.45) is 1.62. The molecule has 41 heavy (non-hydrogen) atoms. The van der Waals surface area contributed by atoms with E-state index in [1.807, 2.05) is 74.5 Å². The third-order valence-corrected chi connectivity index (χ3v) is 7.61. The van der Waals surface area contributed by atoms with Crippen molar-refractivity contribution in [2.45, 2.75) is 37.8 Å².